The van der Waals surface area contributed by atoms with E-state index in [-0.39, 0.29) is 5.82 Å². The normalized spacial score (nSPS) is 14.6. The molecule has 2 N–H and O–H groups in total. The van der Waals surface area contributed by atoms with E-state index < -0.39 is 5.54 Å². The van der Waals surface area contributed by atoms with Gasteiger partial charge in [0.15, 0.2) is 0 Å². The number of methoxy groups -OCH3 is 1. The van der Waals surface area contributed by atoms with Gasteiger partial charge in [-0.05, 0) is 13.0 Å². The highest BCUT2D eigenvalue weighted by Gasteiger charge is 2.21. The molecule has 0 saturated carbocycles. The first kappa shape index (κ1) is 10.7. The number of nitrogens with two attached hydrogens (primary N) is 1. The lowest BCUT2D eigenvalue weighted by Gasteiger charge is -2.22. The quantitative estimate of drug-likeness (QED) is 0.750. The van der Waals surface area contributed by atoms with Gasteiger partial charge in [-0.25, -0.2) is 4.39 Å². The first-order chi connectivity index (χ1) is 6.51. The molecule has 0 fully saturated rings. The summed E-state index contributed by atoms with van der Waals surface area (Å²) in [6.45, 7) is 5.42. The van der Waals surface area contributed by atoms with Crippen LogP contribution in [0.15, 0.2) is 30.9 Å². The number of ether oxygens (including phenoxy) is 1. The minimum atomic E-state index is -0.709. The average molecular weight is 195 g/mol. The fourth-order valence-electron chi connectivity index (χ4n) is 1.22. The van der Waals surface area contributed by atoms with Gasteiger partial charge in [0.05, 0.1) is 12.6 Å². The Hall–Kier alpha value is -1.35. The van der Waals surface area contributed by atoms with Gasteiger partial charge < -0.3 is 10.5 Å². The maximum absolute atomic E-state index is 12.9. The molecule has 0 aliphatic rings. The maximum Gasteiger partial charge on any atom is 0.127 e. The molecule has 76 valence electrons. The van der Waals surface area contributed by atoms with Crippen LogP contribution in [-0.2, 0) is 5.54 Å². The molecule has 0 aliphatic carbocycles. The second-order valence-corrected chi connectivity index (χ2v) is 3.33. The predicted octanol–water partition coefficient (Wildman–Crippen LogP) is 2.19. The smallest absolute Gasteiger partial charge is 0.127 e. The minimum Gasteiger partial charge on any atom is -0.496 e. The Morgan fingerprint density at radius 3 is 2.71 bits per heavy atom. The van der Waals surface area contributed by atoms with E-state index in [0.717, 1.165) is 5.56 Å². The summed E-state index contributed by atoms with van der Waals surface area (Å²) in [7, 11) is 1.48. The zero-order valence-electron chi connectivity index (χ0n) is 8.38. The maximum atomic E-state index is 12.9. The van der Waals surface area contributed by atoms with Crippen LogP contribution in [0.3, 0.4) is 0 Å². The fourth-order valence-corrected chi connectivity index (χ4v) is 1.22. The van der Waals surface area contributed by atoms with E-state index in [1.54, 1.807) is 19.1 Å². The van der Waals surface area contributed by atoms with Gasteiger partial charge in [0.1, 0.15) is 11.6 Å². The topological polar surface area (TPSA) is 35.2 Å². The second kappa shape index (κ2) is 3.80. The van der Waals surface area contributed by atoms with Crippen LogP contribution in [0.1, 0.15) is 12.5 Å². The average Bonchev–Trinajstić information content (AvgIpc) is 2.17. The summed E-state index contributed by atoms with van der Waals surface area (Å²) in [5.74, 6) is 0.0976. The van der Waals surface area contributed by atoms with E-state index in [0.29, 0.717) is 5.75 Å². The van der Waals surface area contributed by atoms with Crippen molar-refractivity contribution in [2.45, 2.75) is 12.5 Å². The molecular weight excluding hydrogens is 181 g/mol. The van der Waals surface area contributed by atoms with E-state index in [2.05, 4.69) is 6.58 Å². The number of rotatable bonds is 3. The van der Waals surface area contributed by atoms with E-state index in [9.17, 15) is 4.39 Å². The molecule has 1 rings (SSSR count). The number of hydrogen-bond acceptors (Lipinski definition) is 2. The molecule has 0 unspecified atom stereocenters. The van der Waals surface area contributed by atoms with Crippen molar-refractivity contribution in [3.8, 4) is 5.75 Å². The molecule has 0 aromatic heterocycles. The summed E-state index contributed by atoms with van der Waals surface area (Å²) in [6, 6.07) is 4.27. The molecule has 0 bridgehead atoms. The Morgan fingerprint density at radius 2 is 2.21 bits per heavy atom. The lowest BCUT2D eigenvalue weighted by molar-refractivity contribution is 0.397. The summed E-state index contributed by atoms with van der Waals surface area (Å²) in [5.41, 5.74) is 5.95. The van der Waals surface area contributed by atoms with E-state index in [1.807, 2.05) is 0 Å². The van der Waals surface area contributed by atoms with Crippen molar-refractivity contribution in [1.29, 1.82) is 0 Å². The van der Waals surface area contributed by atoms with Gasteiger partial charge in [-0.2, -0.15) is 0 Å². The van der Waals surface area contributed by atoms with Gasteiger partial charge in [-0.3, -0.25) is 0 Å². The first-order valence-corrected chi connectivity index (χ1v) is 4.27. The Morgan fingerprint density at radius 1 is 1.57 bits per heavy atom. The number of halogens is 1. The molecule has 0 spiro atoms. The minimum absolute atomic E-state index is 0.342. The van der Waals surface area contributed by atoms with Crippen molar-refractivity contribution in [3.05, 3.63) is 42.2 Å². The van der Waals surface area contributed by atoms with Crippen molar-refractivity contribution in [1.82, 2.24) is 0 Å². The molecule has 3 heteroatoms. The lowest BCUT2D eigenvalue weighted by Crippen LogP contribution is -2.30. The van der Waals surface area contributed by atoms with Crippen LogP contribution in [0.25, 0.3) is 0 Å². The van der Waals surface area contributed by atoms with Gasteiger partial charge >= 0.3 is 0 Å². The molecule has 0 aliphatic heterocycles. The van der Waals surface area contributed by atoms with Crippen molar-refractivity contribution in [2.75, 3.05) is 7.11 Å². The summed E-state index contributed by atoms with van der Waals surface area (Å²) in [6.07, 6.45) is 1.60. The summed E-state index contributed by atoms with van der Waals surface area (Å²) < 4.78 is 17.9. The van der Waals surface area contributed by atoms with E-state index in [1.165, 1.54) is 19.2 Å². The molecule has 2 nitrogen and oxygen atoms in total. The fraction of sp³-hybridized carbons (Fsp3) is 0.273. The largest absolute Gasteiger partial charge is 0.496 e. The zero-order chi connectivity index (χ0) is 10.8. The Kier molecular flexibility index (Phi) is 2.91. The highest BCUT2D eigenvalue weighted by molar-refractivity contribution is 5.41. The van der Waals surface area contributed by atoms with Crippen LogP contribution >= 0.6 is 0 Å². The SMILES string of the molecule is C=C[C@@](C)(N)c1ccc(F)cc1OC. The van der Waals surface area contributed by atoms with Crippen LogP contribution in [0.2, 0.25) is 0 Å². The van der Waals surface area contributed by atoms with Crippen LogP contribution in [0.5, 0.6) is 5.75 Å². The molecule has 14 heavy (non-hydrogen) atoms. The molecule has 1 aromatic rings. The van der Waals surface area contributed by atoms with Crippen molar-refractivity contribution in [2.24, 2.45) is 5.73 Å². The lowest BCUT2D eigenvalue weighted by atomic mass is 9.92. The van der Waals surface area contributed by atoms with Crippen LogP contribution in [0, 0.1) is 5.82 Å². The second-order valence-electron chi connectivity index (χ2n) is 3.33. The molecular formula is C11H14FNO. The summed E-state index contributed by atoms with van der Waals surface area (Å²) >= 11 is 0. The molecule has 0 saturated heterocycles. The first-order valence-electron chi connectivity index (χ1n) is 4.27. The number of hydrogen-bond donors (Lipinski definition) is 1. The third-order valence-corrected chi connectivity index (χ3v) is 2.17. The van der Waals surface area contributed by atoms with Gasteiger partial charge in [0.25, 0.3) is 0 Å². The predicted molar refractivity (Wildman–Crippen MR) is 54.7 cm³/mol. The third-order valence-electron chi connectivity index (χ3n) is 2.17. The van der Waals surface area contributed by atoms with Gasteiger partial charge in [0, 0.05) is 11.6 Å². The standard InChI is InChI=1S/C11H14FNO/c1-4-11(2,13)9-6-5-8(12)7-10(9)14-3/h4-7H,1,13H2,2-3H3/t11-/m1/s1. The van der Waals surface area contributed by atoms with Crippen LogP contribution in [0.4, 0.5) is 4.39 Å². The van der Waals surface area contributed by atoms with Crippen molar-refractivity contribution in [3.63, 3.8) is 0 Å². The van der Waals surface area contributed by atoms with Crippen LogP contribution in [-0.4, -0.2) is 7.11 Å². The van der Waals surface area contributed by atoms with Crippen LogP contribution < -0.4 is 10.5 Å². The van der Waals surface area contributed by atoms with Gasteiger partial charge in [-0.1, -0.05) is 12.1 Å². The molecule has 1 atom stereocenters. The van der Waals surface area contributed by atoms with Gasteiger partial charge in [0.2, 0.25) is 0 Å². The Balaban J connectivity index is 3.27. The summed E-state index contributed by atoms with van der Waals surface area (Å²) in [5, 5.41) is 0. The van der Waals surface area contributed by atoms with Crippen molar-refractivity contribution >= 4 is 0 Å². The Bertz CT molecular complexity index is 347. The molecule has 0 heterocycles. The number of benzene rings is 1. The highest BCUT2D eigenvalue weighted by atomic mass is 19.1. The monoisotopic (exact) mass is 195 g/mol. The van der Waals surface area contributed by atoms with E-state index >= 15 is 0 Å². The molecule has 0 amide bonds. The van der Waals surface area contributed by atoms with Crippen molar-refractivity contribution < 1.29 is 9.13 Å². The Labute approximate surface area is 83.2 Å². The highest BCUT2D eigenvalue weighted by Crippen LogP contribution is 2.29. The van der Waals surface area contributed by atoms with E-state index in [4.69, 9.17) is 10.5 Å². The third kappa shape index (κ3) is 1.93. The molecule has 1 aromatic carbocycles. The molecule has 0 radical (unpaired) electrons. The zero-order valence-corrected chi connectivity index (χ0v) is 8.38. The van der Waals surface area contributed by atoms with Gasteiger partial charge in [-0.15, -0.1) is 6.58 Å². The summed E-state index contributed by atoms with van der Waals surface area (Å²) in [4.78, 5) is 0.